The lowest BCUT2D eigenvalue weighted by atomic mass is 10.1. The summed E-state index contributed by atoms with van der Waals surface area (Å²) in [6, 6.07) is 5.03. The van der Waals surface area contributed by atoms with Gasteiger partial charge in [-0.05, 0) is 43.9 Å². The molecule has 1 aliphatic carbocycles. The first kappa shape index (κ1) is 8.42. The third-order valence-corrected chi connectivity index (χ3v) is 3.27. The second kappa shape index (κ2) is 3.35. The first-order valence-electron chi connectivity index (χ1n) is 5.63. The predicted molar refractivity (Wildman–Crippen MR) is 56.2 cm³/mol. The Hall–Kier alpha value is -0.890. The van der Waals surface area contributed by atoms with E-state index in [9.17, 15) is 0 Å². The molecule has 0 amide bonds. The van der Waals surface area contributed by atoms with Crippen molar-refractivity contribution in [2.24, 2.45) is 0 Å². The van der Waals surface area contributed by atoms with Crippen molar-refractivity contribution in [3.63, 3.8) is 0 Å². The van der Waals surface area contributed by atoms with E-state index < -0.39 is 0 Å². The van der Waals surface area contributed by atoms with E-state index in [-0.39, 0.29) is 0 Å². The van der Waals surface area contributed by atoms with E-state index in [0.717, 1.165) is 12.5 Å². The molecule has 1 aliphatic heterocycles. The molecule has 1 aromatic rings. The lowest BCUT2D eigenvalue weighted by Gasteiger charge is -2.10. The van der Waals surface area contributed by atoms with Crippen molar-refractivity contribution >= 4 is 0 Å². The molecule has 1 saturated carbocycles. The van der Waals surface area contributed by atoms with Crippen molar-refractivity contribution in [1.82, 2.24) is 10.3 Å². The van der Waals surface area contributed by atoms with E-state index in [4.69, 9.17) is 0 Å². The van der Waals surface area contributed by atoms with Crippen LogP contribution in [0.3, 0.4) is 0 Å². The van der Waals surface area contributed by atoms with Gasteiger partial charge in [-0.2, -0.15) is 0 Å². The van der Waals surface area contributed by atoms with E-state index in [1.807, 2.05) is 0 Å². The highest BCUT2D eigenvalue weighted by Gasteiger charge is 2.25. The first-order valence-corrected chi connectivity index (χ1v) is 5.63. The van der Waals surface area contributed by atoms with E-state index in [2.05, 4.69) is 28.6 Å². The Balaban J connectivity index is 1.78. The van der Waals surface area contributed by atoms with Crippen molar-refractivity contribution in [2.45, 2.75) is 37.6 Å². The summed E-state index contributed by atoms with van der Waals surface area (Å²) in [4.78, 5) is 4.55. The second-order valence-corrected chi connectivity index (χ2v) is 4.44. The van der Waals surface area contributed by atoms with Gasteiger partial charge in [0.15, 0.2) is 0 Å². The molecule has 0 radical (unpaired) electrons. The fourth-order valence-corrected chi connectivity index (χ4v) is 2.21. The summed E-state index contributed by atoms with van der Waals surface area (Å²) in [5.74, 6) is 0.778. The first-order chi connectivity index (χ1) is 6.93. The number of hydrogen-bond donors (Lipinski definition) is 1. The Morgan fingerprint density at radius 3 is 2.71 bits per heavy atom. The highest BCUT2D eigenvalue weighted by atomic mass is 14.9. The number of nitrogens with one attached hydrogen (secondary N) is 1. The average Bonchev–Trinajstić information content (AvgIpc) is 2.94. The number of aromatic nitrogens is 1. The van der Waals surface area contributed by atoms with Gasteiger partial charge in [-0.3, -0.25) is 4.98 Å². The molecule has 3 rings (SSSR count). The fraction of sp³-hybridized carbons (Fsp3) is 0.583. The quantitative estimate of drug-likeness (QED) is 0.770. The Labute approximate surface area is 84.7 Å². The van der Waals surface area contributed by atoms with Crippen LogP contribution in [0.1, 0.15) is 48.9 Å². The van der Waals surface area contributed by atoms with Crippen LogP contribution in [-0.4, -0.2) is 11.5 Å². The number of rotatable bonds is 2. The van der Waals surface area contributed by atoms with E-state index >= 15 is 0 Å². The fourth-order valence-electron chi connectivity index (χ4n) is 2.21. The number of nitrogens with zero attached hydrogens (tertiary/aromatic N) is 1. The van der Waals surface area contributed by atoms with Gasteiger partial charge >= 0.3 is 0 Å². The van der Waals surface area contributed by atoms with Crippen LogP contribution in [0.2, 0.25) is 0 Å². The summed E-state index contributed by atoms with van der Waals surface area (Å²) in [7, 11) is 0. The van der Waals surface area contributed by atoms with Gasteiger partial charge in [0, 0.05) is 23.9 Å². The molecule has 74 valence electrons. The van der Waals surface area contributed by atoms with Crippen molar-refractivity contribution in [3.8, 4) is 0 Å². The standard InChI is InChI=1S/C12H16N2/c1-2-11(13-7-1)10-5-6-12(14-8-10)9-3-4-9/h5-6,8-9,11,13H,1-4,7H2. The Morgan fingerprint density at radius 2 is 2.14 bits per heavy atom. The molecule has 0 aromatic carbocycles. The van der Waals surface area contributed by atoms with Crippen LogP contribution < -0.4 is 5.32 Å². The van der Waals surface area contributed by atoms with Crippen LogP contribution in [0.5, 0.6) is 0 Å². The molecular formula is C12H16N2. The number of hydrogen-bond acceptors (Lipinski definition) is 2. The molecular weight excluding hydrogens is 172 g/mol. The summed E-state index contributed by atoms with van der Waals surface area (Å²) < 4.78 is 0. The maximum absolute atomic E-state index is 4.55. The molecule has 2 heteroatoms. The molecule has 1 saturated heterocycles. The van der Waals surface area contributed by atoms with Crippen LogP contribution in [-0.2, 0) is 0 Å². The zero-order chi connectivity index (χ0) is 9.38. The minimum absolute atomic E-state index is 0.566. The molecule has 1 aromatic heterocycles. The molecule has 1 N–H and O–H groups in total. The predicted octanol–water partition coefficient (Wildman–Crippen LogP) is 2.38. The molecule has 14 heavy (non-hydrogen) atoms. The third-order valence-electron chi connectivity index (χ3n) is 3.27. The zero-order valence-electron chi connectivity index (χ0n) is 8.37. The molecule has 1 atom stereocenters. The molecule has 0 spiro atoms. The maximum atomic E-state index is 4.55. The van der Waals surface area contributed by atoms with E-state index in [1.165, 1.54) is 36.9 Å². The molecule has 1 unspecified atom stereocenters. The van der Waals surface area contributed by atoms with Gasteiger partial charge in [0.25, 0.3) is 0 Å². The SMILES string of the molecule is c1cc(C2CC2)ncc1C1CCCN1. The van der Waals surface area contributed by atoms with Crippen LogP contribution >= 0.6 is 0 Å². The van der Waals surface area contributed by atoms with Crippen LogP contribution in [0.4, 0.5) is 0 Å². The normalized spacial score (nSPS) is 26.7. The van der Waals surface area contributed by atoms with Crippen LogP contribution in [0.15, 0.2) is 18.3 Å². The Morgan fingerprint density at radius 1 is 1.21 bits per heavy atom. The summed E-state index contributed by atoms with van der Waals surface area (Å²) >= 11 is 0. The topological polar surface area (TPSA) is 24.9 Å². The van der Waals surface area contributed by atoms with Gasteiger partial charge in [-0.15, -0.1) is 0 Å². The van der Waals surface area contributed by atoms with Gasteiger partial charge in [0.05, 0.1) is 0 Å². The minimum atomic E-state index is 0.566. The third kappa shape index (κ3) is 1.55. The number of pyridine rings is 1. The average molecular weight is 188 g/mol. The van der Waals surface area contributed by atoms with Gasteiger partial charge in [0.1, 0.15) is 0 Å². The van der Waals surface area contributed by atoms with Gasteiger partial charge in [0.2, 0.25) is 0 Å². The van der Waals surface area contributed by atoms with Crippen molar-refractivity contribution in [3.05, 3.63) is 29.6 Å². The maximum Gasteiger partial charge on any atom is 0.0434 e. The lowest BCUT2D eigenvalue weighted by molar-refractivity contribution is 0.644. The molecule has 2 nitrogen and oxygen atoms in total. The lowest BCUT2D eigenvalue weighted by Crippen LogP contribution is -2.13. The van der Waals surface area contributed by atoms with Crippen molar-refractivity contribution in [1.29, 1.82) is 0 Å². The largest absolute Gasteiger partial charge is 0.310 e. The van der Waals surface area contributed by atoms with Gasteiger partial charge in [-0.25, -0.2) is 0 Å². The van der Waals surface area contributed by atoms with E-state index in [0.29, 0.717) is 6.04 Å². The summed E-state index contributed by atoms with van der Waals surface area (Å²) in [5.41, 5.74) is 2.67. The zero-order valence-corrected chi connectivity index (χ0v) is 8.37. The Bertz CT molecular complexity index is 308. The minimum Gasteiger partial charge on any atom is -0.310 e. The molecule has 2 fully saturated rings. The smallest absolute Gasteiger partial charge is 0.0434 e. The van der Waals surface area contributed by atoms with Crippen molar-refractivity contribution in [2.75, 3.05) is 6.54 Å². The molecule has 2 aliphatic rings. The van der Waals surface area contributed by atoms with E-state index in [1.54, 1.807) is 0 Å². The van der Waals surface area contributed by atoms with Gasteiger partial charge in [-0.1, -0.05) is 6.07 Å². The summed E-state index contributed by atoms with van der Waals surface area (Å²) in [6.45, 7) is 1.16. The monoisotopic (exact) mass is 188 g/mol. The summed E-state index contributed by atoms with van der Waals surface area (Å²) in [6.07, 6.45) is 7.32. The van der Waals surface area contributed by atoms with Gasteiger partial charge < -0.3 is 5.32 Å². The molecule has 2 heterocycles. The van der Waals surface area contributed by atoms with Crippen LogP contribution in [0.25, 0.3) is 0 Å². The second-order valence-electron chi connectivity index (χ2n) is 4.44. The van der Waals surface area contributed by atoms with Crippen LogP contribution in [0, 0.1) is 0 Å². The Kier molecular flexibility index (Phi) is 2.02. The molecule has 0 bridgehead atoms. The summed E-state index contributed by atoms with van der Waals surface area (Å²) in [5, 5.41) is 3.50. The van der Waals surface area contributed by atoms with Crippen molar-refractivity contribution < 1.29 is 0 Å². The highest BCUT2D eigenvalue weighted by molar-refractivity contribution is 5.22. The highest BCUT2D eigenvalue weighted by Crippen LogP contribution is 2.39.